The highest BCUT2D eigenvalue weighted by Crippen LogP contribution is 2.40. The molecule has 30 heavy (non-hydrogen) atoms. The molecule has 1 amide bonds. The molecule has 1 N–H and O–H groups in total. The van der Waals surface area contributed by atoms with Crippen LogP contribution in [0.15, 0.2) is 84.4 Å². The molecule has 150 valence electrons. The second kappa shape index (κ2) is 8.17. The first-order chi connectivity index (χ1) is 14.5. The maximum atomic E-state index is 13.0. The highest BCUT2D eigenvalue weighted by atomic mass is 35.5. The van der Waals surface area contributed by atoms with Crippen LogP contribution in [0.1, 0.15) is 28.3 Å². The Hall–Kier alpha value is -3.37. The summed E-state index contributed by atoms with van der Waals surface area (Å²) in [6, 6.07) is 22.9. The van der Waals surface area contributed by atoms with Crippen LogP contribution in [-0.2, 0) is 16.1 Å². The summed E-state index contributed by atoms with van der Waals surface area (Å²) in [4.78, 5) is 27.5. The van der Waals surface area contributed by atoms with Crippen LogP contribution in [0.4, 0.5) is 0 Å². The molecule has 1 aliphatic heterocycles. The van der Waals surface area contributed by atoms with Crippen molar-refractivity contribution in [3.8, 4) is 0 Å². The zero-order valence-corrected chi connectivity index (χ0v) is 17.1. The number of hydrogen-bond acceptors (Lipinski definition) is 3. The van der Waals surface area contributed by atoms with Gasteiger partial charge in [-0.2, -0.15) is 0 Å². The van der Waals surface area contributed by atoms with Crippen LogP contribution >= 0.6 is 11.6 Å². The van der Waals surface area contributed by atoms with Gasteiger partial charge in [0.15, 0.2) is 0 Å². The van der Waals surface area contributed by atoms with E-state index < -0.39 is 17.7 Å². The first kappa shape index (κ1) is 19.9. The molecule has 3 aromatic rings. The third kappa shape index (κ3) is 3.74. The molecule has 1 saturated heterocycles. The Bertz CT molecular complexity index is 1120. The minimum absolute atomic E-state index is 0.0853. The molecular formula is C25H20ClNO3. The SMILES string of the molecule is Cc1ccc(/C(O)=C2\C(=O)C(=O)N(Cc3ccccc3)C2c2ccc(Cl)cc2)cc1. The second-order valence-corrected chi connectivity index (χ2v) is 7.77. The van der Waals surface area contributed by atoms with Crippen LogP contribution < -0.4 is 0 Å². The lowest BCUT2D eigenvalue weighted by atomic mass is 9.95. The van der Waals surface area contributed by atoms with Crippen LogP contribution in [0.3, 0.4) is 0 Å². The van der Waals surface area contributed by atoms with Gasteiger partial charge in [0.2, 0.25) is 0 Å². The van der Waals surface area contributed by atoms with E-state index in [4.69, 9.17) is 11.6 Å². The van der Waals surface area contributed by atoms with E-state index in [1.807, 2.05) is 49.4 Å². The predicted molar refractivity (Wildman–Crippen MR) is 117 cm³/mol. The lowest BCUT2D eigenvalue weighted by molar-refractivity contribution is -0.140. The molecule has 1 aliphatic rings. The molecule has 4 rings (SSSR count). The average molecular weight is 418 g/mol. The normalized spacial score (nSPS) is 18.1. The van der Waals surface area contributed by atoms with E-state index >= 15 is 0 Å². The van der Waals surface area contributed by atoms with Crippen LogP contribution in [0.2, 0.25) is 5.02 Å². The van der Waals surface area contributed by atoms with Gasteiger partial charge in [0.25, 0.3) is 11.7 Å². The summed E-state index contributed by atoms with van der Waals surface area (Å²) in [5.41, 5.74) is 3.22. The number of carbonyl (C=O) groups is 2. The molecule has 0 aliphatic carbocycles. The van der Waals surface area contributed by atoms with E-state index in [1.165, 1.54) is 4.90 Å². The number of amides is 1. The van der Waals surface area contributed by atoms with E-state index in [0.29, 0.717) is 16.1 Å². The van der Waals surface area contributed by atoms with Crippen molar-refractivity contribution in [1.29, 1.82) is 0 Å². The highest BCUT2D eigenvalue weighted by Gasteiger charge is 2.46. The molecule has 0 bridgehead atoms. The molecule has 0 spiro atoms. The molecule has 1 atom stereocenters. The number of Topliss-reactive ketones (excluding diaryl/α,β-unsaturated/α-hetero) is 1. The van der Waals surface area contributed by atoms with Crippen LogP contribution in [0, 0.1) is 6.92 Å². The first-order valence-corrected chi connectivity index (χ1v) is 9.98. The van der Waals surface area contributed by atoms with E-state index in [9.17, 15) is 14.7 Å². The molecule has 0 radical (unpaired) electrons. The van der Waals surface area contributed by atoms with Gasteiger partial charge in [-0.3, -0.25) is 9.59 Å². The Morgan fingerprint density at radius 3 is 2.20 bits per heavy atom. The summed E-state index contributed by atoms with van der Waals surface area (Å²) in [5, 5.41) is 11.6. The summed E-state index contributed by atoms with van der Waals surface area (Å²) in [6.45, 7) is 2.19. The molecule has 3 aromatic carbocycles. The molecule has 5 heteroatoms. The summed E-state index contributed by atoms with van der Waals surface area (Å²) < 4.78 is 0. The number of aryl methyl sites for hydroxylation is 1. The topological polar surface area (TPSA) is 57.6 Å². The predicted octanol–water partition coefficient (Wildman–Crippen LogP) is 5.27. The average Bonchev–Trinajstić information content (AvgIpc) is 3.00. The molecule has 1 heterocycles. The standard InChI is InChI=1S/C25H20ClNO3/c1-16-7-9-19(10-8-16)23(28)21-22(18-11-13-20(26)14-12-18)27(25(30)24(21)29)15-17-5-3-2-4-6-17/h2-14,22,28H,15H2,1H3/b23-21+. The zero-order chi connectivity index (χ0) is 21.3. The van der Waals surface area contributed by atoms with E-state index in [-0.39, 0.29) is 17.9 Å². The Labute approximate surface area is 180 Å². The number of aliphatic hydroxyl groups excluding tert-OH is 1. The van der Waals surface area contributed by atoms with Gasteiger partial charge in [-0.15, -0.1) is 0 Å². The van der Waals surface area contributed by atoms with Crippen molar-refractivity contribution in [2.75, 3.05) is 0 Å². The molecule has 1 fully saturated rings. The monoisotopic (exact) mass is 417 g/mol. The fraction of sp³-hybridized carbons (Fsp3) is 0.120. The van der Waals surface area contributed by atoms with Crippen molar-refractivity contribution >= 4 is 29.1 Å². The van der Waals surface area contributed by atoms with Crippen LogP contribution in [0.5, 0.6) is 0 Å². The Morgan fingerprint density at radius 1 is 0.933 bits per heavy atom. The number of likely N-dealkylation sites (tertiary alicyclic amines) is 1. The van der Waals surface area contributed by atoms with Crippen LogP contribution in [-0.4, -0.2) is 21.7 Å². The van der Waals surface area contributed by atoms with Crippen molar-refractivity contribution in [1.82, 2.24) is 4.90 Å². The third-order valence-corrected chi connectivity index (χ3v) is 5.50. The number of rotatable bonds is 4. The molecule has 4 nitrogen and oxygen atoms in total. The fourth-order valence-electron chi connectivity index (χ4n) is 3.68. The quantitative estimate of drug-likeness (QED) is 0.357. The number of halogens is 1. The van der Waals surface area contributed by atoms with Gasteiger partial charge in [0.05, 0.1) is 11.6 Å². The molecule has 1 unspecified atom stereocenters. The van der Waals surface area contributed by atoms with Crippen molar-refractivity contribution in [2.24, 2.45) is 0 Å². The first-order valence-electron chi connectivity index (χ1n) is 9.60. The summed E-state index contributed by atoms with van der Waals surface area (Å²) in [5.74, 6) is -1.50. The summed E-state index contributed by atoms with van der Waals surface area (Å²) in [7, 11) is 0. The largest absolute Gasteiger partial charge is 0.507 e. The van der Waals surface area contributed by atoms with Gasteiger partial charge in [-0.1, -0.05) is 83.9 Å². The third-order valence-electron chi connectivity index (χ3n) is 5.25. The fourth-order valence-corrected chi connectivity index (χ4v) is 3.81. The number of nitrogens with zero attached hydrogens (tertiary/aromatic N) is 1. The number of benzene rings is 3. The maximum Gasteiger partial charge on any atom is 0.295 e. The molecular weight excluding hydrogens is 398 g/mol. The van der Waals surface area contributed by atoms with Crippen molar-refractivity contribution in [3.63, 3.8) is 0 Å². The van der Waals surface area contributed by atoms with Gasteiger partial charge < -0.3 is 10.0 Å². The minimum Gasteiger partial charge on any atom is -0.507 e. The Morgan fingerprint density at radius 2 is 1.57 bits per heavy atom. The number of aliphatic hydroxyl groups is 1. The summed E-state index contributed by atoms with van der Waals surface area (Å²) in [6.07, 6.45) is 0. The second-order valence-electron chi connectivity index (χ2n) is 7.33. The van der Waals surface area contributed by atoms with Crippen molar-refractivity contribution in [2.45, 2.75) is 19.5 Å². The Kier molecular flexibility index (Phi) is 5.42. The smallest absolute Gasteiger partial charge is 0.295 e. The maximum absolute atomic E-state index is 13.0. The van der Waals surface area contributed by atoms with Crippen molar-refractivity contribution < 1.29 is 14.7 Å². The number of ketones is 1. The van der Waals surface area contributed by atoms with Gasteiger partial charge >= 0.3 is 0 Å². The van der Waals surface area contributed by atoms with Gasteiger partial charge in [-0.05, 0) is 30.2 Å². The lowest BCUT2D eigenvalue weighted by Crippen LogP contribution is -2.29. The minimum atomic E-state index is -0.705. The van der Waals surface area contributed by atoms with Gasteiger partial charge in [-0.25, -0.2) is 0 Å². The van der Waals surface area contributed by atoms with Gasteiger partial charge in [0, 0.05) is 17.1 Å². The zero-order valence-electron chi connectivity index (χ0n) is 16.4. The van der Waals surface area contributed by atoms with Gasteiger partial charge in [0.1, 0.15) is 5.76 Å². The lowest BCUT2D eigenvalue weighted by Gasteiger charge is -2.25. The number of carbonyl (C=O) groups excluding carboxylic acids is 2. The molecule has 0 saturated carbocycles. The van der Waals surface area contributed by atoms with Crippen molar-refractivity contribution in [3.05, 3.63) is 112 Å². The summed E-state index contributed by atoms with van der Waals surface area (Å²) >= 11 is 6.04. The number of hydrogen-bond donors (Lipinski definition) is 1. The van der Waals surface area contributed by atoms with Crippen LogP contribution in [0.25, 0.3) is 5.76 Å². The van der Waals surface area contributed by atoms with E-state index in [1.54, 1.807) is 36.4 Å². The Balaban J connectivity index is 1.85. The highest BCUT2D eigenvalue weighted by molar-refractivity contribution is 6.46. The van der Waals surface area contributed by atoms with E-state index in [0.717, 1.165) is 11.1 Å². The van der Waals surface area contributed by atoms with E-state index in [2.05, 4.69) is 0 Å². The molecule has 0 aromatic heterocycles.